The minimum absolute atomic E-state index is 0.0348. The van der Waals surface area contributed by atoms with Crippen molar-refractivity contribution in [3.8, 4) is 0 Å². The number of nitrogens with one attached hydrogen (secondary N) is 1. The van der Waals surface area contributed by atoms with Crippen LogP contribution in [0.15, 0.2) is 45.4 Å². The molecule has 0 radical (unpaired) electrons. The Labute approximate surface area is 189 Å². The first kappa shape index (κ1) is 21.6. The zero-order valence-corrected chi connectivity index (χ0v) is 19.7. The maximum atomic E-state index is 13.6. The predicted octanol–water partition coefficient (Wildman–Crippen LogP) is 3.82. The molecule has 3 aliphatic rings. The monoisotopic (exact) mass is 488 g/mol. The lowest BCUT2D eigenvalue weighted by Gasteiger charge is -2.38. The molecule has 1 aromatic rings. The SMILES string of the molecule is CC1(C)CC(=O)C2=C(C1)OC(=O)[C@@]21C(C(=O)OC(C)(C)C)=C(N)Nc2ccc(Br)cc21. The van der Waals surface area contributed by atoms with Crippen LogP contribution in [-0.2, 0) is 29.3 Å². The van der Waals surface area contributed by atoms with Gasteiger partial charge in [-0.3, -0.25) is 4.79 Å². The highest BCUT2D eigenvalue weighted by atomic mass is 79.9. The van der Waals surface area contributed by atoms with Crippen LogP contribution in [0.5, 0.6) is 0 Å². The van der Waals surface area contributed by atoms with E-state index < -0.39 is 23.0 Å². The summed E-state index contributed by atoms with van der Waals surface area (Å²) in [5.74, 6) is -1.46. The van der Waals surface area contributed by atoms with Crippen molar-refractivity contribution in [2.45, 2.75) is 58.5 Å². The van der Waals surface area contributed by atoms with Gasteiger partial charge in [0.2, 0.25) is 0 Å². The fourth-order valence-electron chi connectivity index (χ4n) is 4.60. The van der Waals surface area contributed by atoms with Gasteiger partial charge >= 0.3 is 11.9 Å². The lowest BCUT2D eigenvalue weighted by atomic mass is 9.62. The Balaban J connectivity index is 2.05. The van der Waals surface area contributed by atoms with Gasteiger partial charge in [0.05, 0.1) is 5.57 Å². The molecule has 2 heterocycles. The zero-order valence-electron chi connectivity index (χ0n) is 18.1. The molecule has 1 aliphatic carbocycles. The number of anilines is 1. The van der Waals surface area contributed by atoms with Gasteiger partial charge < -0.3 is 20.5 Å². The van der Waals surface area contributed by atoms with Crippen LogP contribution in [0, 0.1) is 5.41 Å². The van der Waals surface area contributed by atoms with Crippen molar-refractivity contribution in [3.05, 3.63) is 51.0 Å². The van der Waals surface area contributed by atoms with Crippen molar-refractivity contribution in [3.63, 3.8) is 0 Å². The first-order valence-electron chi connectivity index (χ1n) is 10.1. The fraction of sp³-hybridized carbons (Fsp3) is 0.435. The number of nitrogens with two attached hydrogens (primary N) is 1. The number of esters is 2. The number of halogens is 1. The molecule has 164 valence electrons. The average Bonchev–Trinajstić information content (AvgIpc) is 2.85. The summed E-state index contributed by atoms with van der Waals surface area (Å²) in [5.41, 5.74) is 4.35. The van der Waals surface area contributed by atoms with E-state index in [1.165, 1.54) is 0 Å². The Morgan fingerprint density at radius 1 is 1.23 bits per heavy atom. The van der Waals surface area contributed by atoms with Crippen molar-refractivity contribution >= 4 is 39.3 Å². The molecule has 1 aromatic carbocycles. The van der Waals surface area contributed by atoms with E-state index >= 15 is 0 Å². The quantitative estimate of drug-likeness (QED) is 0.578. The van der Waals surface area contributed by atoms with Crippen LogP contribution in [0.2, 0.25) is 0 Å². The third-order valence-electron chi connectivity index (χ3n) is 5.64. The molecule has 0 bridgehead atoms. The molecule has 0 aromatic heterocycles. The number of fused-ring (bicyclic) bond motifs is 3. The number of rotatable bonds is 1. The van der Waals surface area contributed by atoms with Crippen LogP contribution in [0.1, 0.15) is 53.0 Å². The zero-order chi connectivity index (χ0) is 22.9. The summed E-state index contributed by atoms with van der Waals surface area (Å²) < 4.78 is 12.0. The molecule has 8 heteroatoms. The molecule has 3 N–H and O–H groups in total. The van der Waals surface area contributed by atoms with Gasteiger partial charge in [0, 0.05) is 28.6 Å². The maximum Gasteiger partial charge on any atom is 0.340 e. The molecule has 1 spiro atoms. The van der Waals surface area contributed by atoms with E-state index in [2.05, 4.69) is 21.2 Å². The summed E-state index contributed by atoms with van der Waals surface area (Å²) in [5, 5.41) is 3.00. The molecule has 7 nitrogen and oxygen atoms in total. The molecule has 0 fully saturated rings. The van der Waals surface area contributed by atoms with Gasteiger partial charge in [-0.15, -0.1) is 0 Å². The highest BCUT2D eigenvalue weighted by molar-refractivity contribution is 9.10. The summed E-state index contributed by atoms with van der Waals surface area (Å²) in [7, 11) is 0. The van der Waals surface area contributed by atoms with Crippen molar-refractivity contribution in [1.82, 2.24) is 0 Å². The van der Waals surface area contributed by atoms with E-state index in [0.29, 0.717) is 27.9 Å². The molecular formula is C23H25BrN2O5. The third kappa shape index (κ3) is 3.28. The highest BCUT2D eigenvalue weighted by Gasteiger charge is 2.64. The lowest BCUT2D eigenvalue weighted by molar-refractivity contribution is -0.153. The number of allylic oxidation sites excluding steroid dienone is 1. The summed E-state index contributed by atoms with van der Waals surface area (Å²) in [6, 6.07) is 5.24. The smallest absolute Gasteiger partial charge is 0.340 e. The first-order chi connectivity index (χ1) is 14.3. The maximum absolute atomic E-state index is 13.6. The van der Waals surface area contributed by atoms with Crippen LogP contribution in [-0.4, -0.2) is 23.3 Å². The van der Waals surface area contributed by atoms with Gasteiger partial charge in [0.15, 0.2) is 11.2 Å². The van der Waals surface area contributed by atoms with E-state index in [9.17, 15) is 14.4 Å². The Hall–Kier alpha value is -2.61. The lowest BCUT2D eigenvalue weighted by Crippen LogP contribution is -2.49. The summed E-state index contributed by atoms with van der Waals surface area (Å²) >= 11 is 3.44. The Kier molecular flexibility index (Phi) is 4.67. The molecule has 1 atom stereocenters. The van der Waals surface area contributed by atoms with Gasteiger partial charge in [-0.2, -0.15) is 0 Å². The predicted molar refractivity (Wildman–Crippen MR) is 118 cm³/mol. The van der Waals surface area contributed by atoms with E-state index in [4.69, 9.17) is 15.2 Å². The second-order valence-corrected chi connectivity index (χ2v) is 10.9. The van der Waals surface area contributed by atoms with Crippen LogP contribution in [0.3, 0.4) is 0 Å². The van der Waals surface area contributed by atoms with Crippen LogP contribution in [0.25, 0.3) is 0 Å². The summed E-state index contributed by atoms with van der Waals surface area (Å²) in [4.78, 5) is 40.4. The van der Waals surface area contributed by atoms with E-state index in [-0.39, 0.29) is 34.6 Å². The average molecular weight is 489 g/mol. The van der Waals surface area contributed by atoms with Crippen LogP contribution < -0.4 is 11.1 Å². The number of carbonyl (C=O) groups is 3. The summed E-state index contributed by atoms with van der Waals surface area (Å²) in [6.07, 6.45) is 0.627. The van der Waals surface area contributed by atoms with E-state index in [1.54, 1.807) is 39.0 Å². The Morgan fingerprint density at radius 3 is 2.55 bits per heavy atom. The number of carbonyl (C=O) groups excluding carboxylic acids is 3. The molecule has 0 saturated heterocycles. The van der Waals surface area contributed by atoms with Gasteiger partial charge in [0.1, 0.15) is 22.8 Å². The Morgan fingerprint density at radius 2 is 1.90 bits per heavy atom. The fourth-order valence-corrected chi connectivity index (χ4v) is 4.96. The van der Waals surface area contributed by atoms with Gasteiger partial charge in [-0.25, -0.2) is 9.59 Å². The molecule has 0 unspecified atom stereocenters. The molecule has 2 aliphatic heterocycles. The number of hydrogen-bond donors (Lipinski definition) is 2. The molecule has 0 saturated carbocycles. The van der Waals surface area contributed by atoms with E-state index in [1.807, 2.05) is 13.8 Å². The van der Waals surface area contributed by atoms with Crippen LogP contribution >= 0.6 is 15.9 Å². The Bertz CT molecular complexity index is 1110. The molecule has 0 amide bonds. The van der Waals surface area contributed by atoms with Gasteiger partial charge in [-0.1, -0.05) is 29.8 Å². The first-order valence-corrected chi connectivity index (χ1v) is 10.9. The largest absolute Gasteiger partial charge is 0.456 e. The number of hydrogen-bond acceptors (Lipinski definition) is 7. The van der Waals surface area contributed by atoms with E-state index in [0.717, 1.165) is 0 Å². The second-order valence-electron chi connectivity index (χ2n) is 9.98. The number of Topliss-reactive ketones (excluding diaryl/α,β-unsaturated/α-hetero) is 1. The minimum atomic E-state index is -1.78. The number of ether oxygens (including phenoxy) is 2. The normalized spacial score (nSPS) is 24.6. The van der Waals surface area contributed by atoms with Crippen LogP contribution in [0.4, 0.5) is 5.69 Å². The molecule has 4 rings (SSSR count). The highest BCUT2D eigenvalue weighted by Crippen LogP contribution is 2.57. The van der Waals surface area contributed by atoms with Crippen molar-refractivity contribution in [1.29, 1.82) is 0 Å². The standard InChI is InChI=1S/C23H25BrN2O5/c1-21(2,3)31-19(28)17-18(25)26-13-7-6-11(24)8-12(13)23(17)16-14(27)9-22(4,5)10-15(16)30-20(23)29/h6-8,26H,9-10,25H2,1-5H3/t23-/m1/s1. The number of ketones is 1. The minimum Gasteiger partial charge on any atom is -0.456 e. The van der Waals surface area contributed by atoms with Gasteiger partial charge in [0.25, 0.3) is 0 Å². The third-order valence-corrected chi connectivity index (χ3v) is 6.13. The molecule has 31 heavy (non-hydrogen) atoms. The number of benzene rings is 1. The van der Waals surface area contributed by atoms with Gasteiger partial charge in [-0.05, 0) is 44.4 Å². The van der Waals surface area contributed by atoms with Crippen molar-refractivity contribution < 1.29 is 23.9 Å². The van der Waals surface area contributed by atoms with Crippen molar-refractivity contribution in [2.24, 2.45) is 11.1 Å². The summed E-state index contributed by atoms with van der Waals surface area (Å²) in [6.45, 7) is 9.06. The van der Waals surface area contributed by atoms with Crippen molar-refractivity contribution in [2.75, 3.05) is 5.32 Å². The molecular weight excluding hydrogens is 464 g/mol. The topological polar surface area (TPSA) is 108 Å². The second kappa shape index (κ2) is 6.69.